The summed E-state index contributed by atoms with van der Waals surface area (Å²) in [7, 11) is 5.87. The van der Waals surface area contributed by atoms with Crippen molar-refractivity contribution in [1.82, 2.24) is 9.80 Å². The number of nitrogens with zero attached hydrogens (tertiary/aromatic N) is 2. The van der Waals surface area contributed by atoms with Gasteiger partial charge in [0, 0.05) is 20.0 Å². The second kappa shape index (κ2) is 8.37. The molecule has 21 heavy (non-hydrogen) atoms. The van der Waals surface area contributed by atoms with Gasteiger partial charge in [0.05, 0.1) is 6.42 Å². The summed E-state index contributed by atoms with van der Waals surface area (Å²) >= 11 is 0. The van der Waals surface area contributed by atoms with Crippen LogP contribution < -0.4 is 0 Å². The van der Waals surface area contributed by atoms with Crippen LogP contribution in [0.4, 0.5) is 0 Å². The normalized spacial score (nSPS) is 17.7. The quantitative estimate of drug-likeness (QED) is 0.746. The lowest BCUT2D eigenvalue weighted by molar-refractivity contribution is -0.142. The number of carbonyl (C=O) groups is 2. The molecule has 1 rings (SSSR count). The van der Waals surface area contributed by atoms with Gasteiger partial charge in [-0.2, -0.15) is 0 Å². The fourth-order valence-corrected chi connectivity index (χ4v) is 3.24. The molecule has 1 saturated carbocycles. The van der Waals surface area contributed by atoms with E-state index in [-0.39, 0.29) is 17.7 Å². The van der Waals surface area contributed by atoms with E-state index in [1.807, 2.05) is 21.1 Å². The zero-order chi connectivity index (χ0) is 15.9. The number of carbonyl (C=O) groups excluding carboxylic acids is 1. The van der Waals surface area contributed by atoms with Gasteiger partial charge in [0.15, 0.2) is 0 Å². The Kier molecular flexibility index (Phi) is 7.15. The Morgan fingerprint density at radius 3 is 2.14 bits per heavy atom. The first kappa shape index (κ1) is 18.0. The van der Waals surface area contributed by atoms with Crippen LogP contribution in [-0.4, -0.2) is 61.0 Å². The van der Waals surface area contributed by atoms with Crippen LogP contribution in [-0.2, 0) is 9.59 Å². The Hall–Kier alpha value is -1.10. The molecule has 1 aliphatic carbocycles. The van der Waals surface area contributed by atoms with Crippen LogP contribution in [0.5, 0.6) is 0 Å². The van der Waals surface area contributed by atoms with Gasteiger partial charge in [-0.25, -0.2) is 0 Å². The first-order valence-corrected chi connectivity index (χ1v) is 7.95. The van der Waals surface area contributed by atoms with Gasteiger partial charge in [0.1, 0.15) is 0 Å². The van der Waals surface area contributed by atoms with E-state index in [1.165, 1.54) is 0 Å². The monoisotopic (exact) mass is 298 g/mol. The Labute approximate surface area is 128 Å². The van der Waals surface area contributed by atoms with Gasteiger partial charge in [0.2, 0.25) is 5.91 Å². The van der Waals surface area contributed by atoms with Crippen molar-refractivity contribution < 1.29 is 14.7 Å². The minimum Gasteiger partial charge on any atom is -0.481 e. The molecule has 0 aromatic carbocycles. The van der Waals surface area contributed by atoms with Gasteiger partial charge in [-0.15, -0.1) is 0 Å². The molecular weight excluding hydrogens is 268 g/mol. The van der Waals surface area contributed by atoms with Gasteiger partial charge >= 0.3 is 5.97 Å². The molecule has 0 saturated heterocycles. The highest BCUT2D eigenvalue weighted by molar-refractivity contribution is 5.78. The highest BCUT2D eigenvalue weighted by atomic mass is 16.4. The van der Waals surface area contributed by atoms with Gasteiger partial charge in [-0.3, -0.25) is 9.59 Å². The summed E-state index contributed by atoms with van der Waals surface area (Å²) in [5.74, 6) is -0.683. The molecule has 0 radical (unpaired) electrons. The molecule has 0 aromatic heterocycles. The van der Waals surface area contributed by atoms with E-state index in [4.69, 9.17) is 5.11 Å². The average molecular weight is 298 g/mol. The average Bonchev–Trinajstić information content (AvgIpc) is 2.37. The largest absolute Gasteiger partial charge is 0.481 e. The molecule has 1 fully saturated rings. The summed E-state index contributed by atoms with van der Waals surface area (Å²) in [6, 6.07) is 0. The summed E-state index contributed by atoms with van der Waals surface area (Å²) in [4.78, 5) is 27.4. The van der Waals surface area contributed by atoms with Gasteiger partial charge in [0.25, 0.3) is 0 Å². The number of hydrogen-bond donors (Lipinski definition) is 1. The molecule has 0 atom stereocenters. The molecule has 0 spiro atoms. The van der Waals surface area contributed by atoms with Crippen LogP contribution in [0.25, 0.3) is 0 Å². The minimum atomic E-state index is -0.778. The number of rotatable bonds is 8. The zero-order valence-corrected chi connectivity index (χ0v) is 13.7. The third-order valence-electron chi connectivity index (χ3n) is 4.49. The summed E-state index contributed by atoms with van der Waals surface area (Å²) in [5, 5.41) is 9.15. The molecule has 0 unspecified atom stereocenters. The molecule has 0 aliphatic heterocycles. The lowest BCUT2D eigenvalue weighted by atomic mass is 9.69. The Bertz CT molecular complexity index is 349. The van der Waals surface area contributed by atoms with Crippen molar-refractivity contribution in [1.29, 1.82) is 0 Å². The minimum absolute atomic E-state index is 0.0944. The highest BCUT2D eigenvalue weighted by Gasteiger charge is 2.37. The van der Waals surface area contributed by atoms with Crippen molar-refractivity contribution in [2.24, 2.45) is 5.41 Å². The predicted octanol–water partition coefficient (Wildman–Crippen LogP) is 2.21. The third kappa shape index (κ3) is 6.46. The lowest BCUT2D eigenvalue weighted by Crippen LogP contribution is -2.37. The van der Waals surface area contributed by atoms with Crippen molar-refractivity contribution in [2.75, 3.05) is 34.2 Å². The number of hydrogen-bond acceptors (Lipinski definition) is 3. The van der Waals surface area contributed by atoms with Crippen molar-refractivity contribution in [2.45, 2.75) is 51.4 Å². The number of carboxylic acid groups (broad SMARTS) is 1. The van der Waals surface area contributed by atoms with Crippen LogP contribution in [0, 0.1) is 5.41 Å². The van der Waals surface area contributed by atoms with Crippen LogP contribution in [0.15, 0.2) is 0 Å². The Morgan fingerprint density at radius 2 is 1.62 bits per heavy atom. The van der Waals surface area contributed by atoms with E-state index >= 15 is 0 Å². The van der Waals surface area contributed by atoms with Crippen molar-refractivity contribution >= 4 is 11.9 Å². The van der Waals surface area contributed by atoms with Crippen LogP contribution in [0.1, 0.15) is 51.4 Å². The van der Waals surface area contributed by atoms with Crippen LogP contribution in [0.3, 0.4) is 0 Å². The molecule has 1 aliphatic rings. The van der Waals surface area contributed by atoms with E-state index < -0.39 is 5.97 Å². The van der Waals surface area contributed by atoms with E-state index in [9.17, 15) is 9.59 Å². The molecule has 1 amide bonds. The molecule has 5 heteroatoms. The summed E-state index contributed by atoms with van der Waals surface area (Å²) < 4.78 is 0. The number of amides is 1. The maximum Gasteiger partial charge on any atom is 0.303 e. The maximum atomic E-state index is 12.4. The third-order valence-corrected chi connectivity index (χ3v) is 4.49. The smallest absolute Gasteiger partial charge is 0.303 e. The van der Waals surface area contributed by atoms with Crippen molar-refractivity contribution in [3.8, 4) is 0 Å². The van der Waals surface area contributed by atoms with E-state index in [1.54, 1.807) is 4.90 Å². The first-order chi connectivity index (χ1) is 9.84. The first-order valence-electron chi connectivity index (χ1n) is 7.95. The standard InChI is InChI=1S/C16H30N2O3/c1-17(2)10-7-11-18(3)14(19)12-16(13-15(20)21)8-5-4-6-9-16/h4-13H2,1-3H3,(H,20,21). The van der Waals surface area contributed by atoms with Gasteiger partial charge in [-0.05, 0) is 45.3 Å². The fourth-order valence-electron chi connectivity index (χ4n) is 3.24. The Balaban J connectivity index is 2.53. The topological polar surface area (TPSA) is 60.9 Å². The van der Waals surface area contributed by atoms with E-state index in [0.29, 0.717) is 6.42 Å². The molecule has 1 N–H and O–H groups in total. The van der Waals surface area contributed by atoms with Crippen molar-refractivity contribution in [3.63, 3.8) is 0 Å². The summed E-state index contributed by atoms with van der Waals surface area (Å²) in [6.45, 7) is 1.69. The molecular formula is C16H30N2O3. The van der Waals surface area contributed by atoms with E-state index in [2.05, 4.69) is 4.90 Å². The fraction of sp³-hybridized carbons (Fsp3) is 0.875. The van der Waals surface area contributed by atoms with Crippen LogP contribution in [0.2, 0.25) is 0 Å². The second-order valence-electron chi connectivity index (χ2n) is 6.78. The number of carboxylic acids is 1. The zero-order valence-electron chi connectivity index (χ0n) is 13.7. The summed E-state index contributed by atoms with van der Waals surface area (Å²) in [6.07, 6.45) is 6.46. The molecule has 5 nitrogen and oxygen atoms in total. The predicted molar refractivity (Wildman–Crippen MR) is 83.2 cm³/mol. The van der Waals surface area contributed by atoms with Gasteiger partial charge < -0.3 is 14.9 Å². The molecule has 0 bridgehead atoms. The molecule has 122 valence electrons. The lowest BCUT2D eigenvalue weighted by Gasteiger charge is -2.36. The Morgan fingerprint density at radius 1 is 1.00 bits per heavy atom. The molecule has 0 heterocycles. The second-order valence-corrected chi connectivity index (χ2v) is 6.78. The van der Waals surface area contributed by atoms with Crippen molar-refractivity contribution in [3.05, 3.63) is 0 Å². The van der Waals surface area contributed by atoms with Crippen LogP contribution >= 0.6 is 0 Å². The highest BCUT2D eigenvalue weighted by Crippen LogP contribution is 2.42. The molecule has 0 aromatic rings. The SMILES string of the molecule is CN(C)CCCN(C)C(=O)CC1(CC(=O)O)CCCCC1. The summed E-state index contributed by atoms with van der Waals surface area (Å²) in [5.41, 5.74) is -0.309. The van der Waals surface area contributed by atoms with E-state index in [0.717, 1.165) is 51.6 Å². The van der Waals surface area contributed by atoms with Gasteiger partial charge in [-0.1, -0.05) is 19.3 Å². The number of aliphatic carboxylic acids is 1. The maximum absolute atomic E-state index is 12.4.